The molecule has 0 radical (unpaired) electrons. The summed E-state index contributed by atoms with van der Waals surface area (Å²) in [7, 11) is 3.28. The Hall–Kier alpha value is -3.56. The van der Waals surface area contributed by atoms with E-state index >= 15 is 0 Å². The molecule has 0 aliphatic rings. The number of hydrogen-bond acceptors (Lipinski definition) is 6. The summed E-state index contributed by atoms with van der Waals surface area (Å²) in [5.74, 6) is 1.41. The molecule has 196 valence electrons. The van der Waals surface area contributed by atoms with E-state index in [1.807, 2.05) is 48.2 Å². The van der Waals surface area contributed by atoms with Crippen molar-refractivity contribution in [1.82, 2.24) is 24.6 Å². The van der Waals surface area contributed by atoms with Crippen LogP contribution in [0, 0.1) is 0 Å². The number of fused-ring (bicyclic) bond motifs is 1. The van der Waals surface area contributed by atoms with Crippen LogP contribution < -0.4 is 9.47 Å². The second-order valence-electron chi connectivity index (χ2n) is 7.92. The molecule has 0 saturated carbocycles. The molecule has 4 aromatic heterocycles. The third-order valence-corrected chi connectivity index (χ3v) is 6.78. The lowest BCUT2D eigenvalue weighted by Gasteiger charge is -2.10. The van der Waals surface area contributed by atoms with Crippen molar-refractivity contribution in [2.45, 2.75) is 0 Å². The van der Waals surface area contributed by atoms with Gasteiger partial charge in [-0.25, -0.2) is 9.97 Å². The fourth-order valence-electron chi connectivity index (χ4n) is 4.21. The molecule has 0 atom stereocenters. The van der Waals surface area contributed by atoms with E-state index in [2.05, 4.69) is 61.1 Å². The minimum absolute atomic E-state index is 0. The molecule has 0 spiro atoms. The summed E-state index contributed by atoms with van der Waals surface area (Å²) in [5.41, 5.74) is 7.96. The zero-order chi connectivity index (χ0) is 23.8. The Balaban J connectivity index is 0.00000133. The van der Waals surface area contributed by atoms with Crippen LogP contribution in [0.25, 0.3) is 49.9 Å². The Bertz CT molecular complexity index is 1630. The van der Waals surface area contributed by atoms with Crippen molar-refractivity contribution in [2.75, 3.05) is 14.2 Å². The van der Waals surface area contributed by atoms with Gasteiger partial charge in [0.05, 0.1) is 26.1 Å². The molecule has 0 aliphatic heterocycles. The molecule has 7 nitrogen and oxygen atoms in total. The number of aromatic amines is 1. The summed E-state index contributed by atoms with van der Waals surface area (Å²) < 4.78 is 12.9. The maximum Gasteiger partial charge on any atom is 0.161 e. The first-order valence-electron chi connectivity index (χ1n) is 11.0. The van der Waals surface area contributed by atoms with Crippen molar-refractivity contribution < 1.29 is 9.47 Å². The van der Waals surface area contributed by atoms with E-state index in [-0.39, 0.29) is 37.2 Å². The molecule has 11 heteroatoms. The van der Waals surface area contributed by atoms with Crippen LogP contribution in [-0.4, -0.2) is 38.8 Å². The predicted octanol–water partition coefficient (Wildman–Crippen LogP) is 7.46. The van der Waals surface area contributed by atoms with E-state index in [1.54, 1.807) is 25.6 Å². The van der Waals surface area contributed by atoms with Gasteiger partial charge in [0.1, 0.15) is 16.3 Å². The quantitative estimate of drug-likeness (QED) is 0.218. The Labute approximate surface area is 242 Å². The number of methoxy groups -OCH3 is 2. The molecule has 0 fully saturated rings. The van der Waals surface area contributed by atoms with Crippen molar-refractivity contribution >= 4 is 54.2 Å². The van der Waals surface area contributed by atoms with Gasteiger partial charge in [-0.05, 0) is 35.4 Å². The van der Waals surface area contributed by atoms with Gasteiger partial charge < -0.3 is 9.47 Å². The largest absolute Gasteiger partial charge is 0.493 e. The lowest BCUT2D eigenvalue weighted by molar-refractivity contribution is 0.355. The summed E-state index contributed by atoms with van der Waals surface area (Å²) in [6, 6.07) is 18.4. The van der Waals surface area contributed by atoms with E-state index in [0.29, 0.717) is 11.5 Å². The highest BCUT2D eigenvalue weighted by atomic mass is 35.5. The van der Waals surface area contributed by atoms with Gasteiger partial charge in [0, 0.05) is 40.7 Å². The molecule has 2 aromatic carbocycles. The number of nitrogens with zero attached hydrogens (tertiary/aromatic N) is 4. The van der Waals surface area contributed by atoms with E-state index < -0.39 is 0 Å². The summed E-state index contributed by atoms with van der Waals surface area (Å²) in [6.07, 6.45) is 7.69. The summed E-state index contributed by atoms with van der Waals surface area (Å²) in [6.45, 7) is 0. The van der Waals surface area contributed by atoms with Crippen LogP contribution in [-0.2, 0) is 0 Å². The minimum atomic E-state index is 0. The molecule has 38 heavy (non-hydrogen) atoms. The van der Waals surface area contributed by atoms with E-state index in [4.69, 9.17) is 9.47 Å². The van der Waals surface area contributed by atoms with Gasteiger partial charge in [0.15, 0.2) is 11.5 Å². The van der Waals surface area contributed by atoms with Gasteiger partial charge in [0.2, 0.25) is 0 Å². The van der Waals surface area contributed by atoms with Crippen molar-refractivity contribution in [3.63, 3.8) is 0 Å². The number of H-pyrrole nitrogens is 1. The van der Waals surface area contributed by atoms with E-state index in [1.165, 1.54) is 0 Å². The SMILES string of the molecule is COc1ccc(-c2ccc(-c3n[nH]cc3-c3ccc4ncc(-c5nccs5)n4c3)cc2)cc1OC.Cl.Cl.Cl. The number of hydrogen-bond donors (Lipinski definition) is 1. The molecule has 0 saturated heterocycles. The van der Waals surface area contributed by atoms with Gasteiger partial charge in [-0.2, -0.15) is 5.10 Å². The molecule has 6 rings (SSSR count). The Kier molecular flexibility index (Phi) is 9.40. The Morgan fingerprint density at radius 2 is 1.50 bits per heavy atom. The number of rotatable bonds is 6. The maximum atomic E-state index is 5.45. The first kappa shape index (κ1) is 29.0. The van der Waals surface area contributed by atoms with Crippen LogP contribution in [0.1, 0.15) is 0 Å². The number of ether oxygens (including phenoxy) is 2. The van der Waals surface area contributed by atoms with Crippen LogP contribution in [0.2, 0.25) is 0 Å². The first-order chi connectivity index (χ1) is 17.2. The Morgan fingerprint density at radius 3 is 2.21 bits per heavy atom. The number of thiazole rings is 1. The number of nitrogens with one attached hydrogen (secondary N) is 1. The molecule has 1 N–H and O–H groups in total. The zero-order valence-corrected chi connectivity index (χ0v) is 23.6. The number of pyridine rings is 1. The van der Waals surface area contributed by atoms with E-state index in [0.717, 1.165) is 49.9 Å². The number of aromatic nitrogens is 5. The highest BCUT2D eigenvalue weighted by molar-refractivity contribution is 7.13. The number of imidazole rings is 1. The van der Waals surface area contributed by atoms with Crippen LogP contribution in [0.3, 0.4) is 0 Å². The molecule has 0 aliphatic carbocycles. The van der Waals surface area contributed by atoms with Gasteiger partial charge in [-0.1, -0.05) is 30.3 Å². The number of benzene rings is 2. The summed E-state index contributed by atoms with van der Waals surface area (Å²) >= 11 is 1.60. The van der Waals surface area contributed by atoms with Crippen LogP contribution in [0.4, 0.5) is 0 Å². The second-order valence-corrected chi connectivity index (χ2v) is 8.82. The van der Waals surface area contributed by atoms with E-state index in [9.17, 15) is 0 Å². The van der Waals surface area contributed by atoms with Gasteiger partial charge in [-0.3, -0.25) is 9.50 Å². The summed E-state index contributed by atoms with van der Waals surface area (Å²) in [5, 5.41) is 10.5. The third-order valence-electron chi connectivity index (χ3n) is 5.98. The predicted molar refractivity (Wildman–Crippen MR) is 160 cm³/mol. The molecule has 0 bridgehead atoms. The molecule has 0 amide bonds. The lowest BCUT2D eigenvalue weighted by Crippen LogP contribution is -1.91. The molecule has 4 heterocycles. The molecular formula is C27H24Cl3N5O2S. The first-order valence-corrected chi connectivity index (χ1v) is 11.9. The van der Waals surface area contributed by atoms with Crippen LogP contribution in [0.5, 0.6) is 11.5 Å². The monoisotopic (exact) mass is 587 g/mol. The fourth-order valence-corrected chi connectivity index (χ4v) is 4.86. The lowest BCUT2D eigenvalue weighted by atomic mass is 9.99. The normalized spacial score (nSPS) is 10.3. The number of halogens is 3. The van der Waals surface area contributed by atoms with Crippen molar-refractivity contribution in [1.29, 1.82) is 0 Å². The van der Waals surface area contributed by atoms with Gasteiger partial charge >= 0.3 is 0 Å². The highest BCUT2D eigenvalue weighted by Crippen LogP contribution is 2.35. The van der Waals surface area contributed by atoms with Gasteiger partial charge in [0.25, 0.3) is 0 Å². The van der Waals surface area contributed by atoms with Crippen LogP contribution >= 0.6 is 48.6 Å². The van der Waals surface area contributed by atoms with Crippen molar-refractivity contribution in [2.24, 2.45) is 0 Å². The summed E-state index contributed by atoms with van der Waals surface area (Å²) in [4.78, 5) is 8.97. The van der Waals surface area contributed by atoms with Crippen molar-refractivity contribution in [3.8, 4) is 55.7 Å². The second kappa shape index (κ2) is 12.3. The molecule has 6 aromatic rings. The van der Waals surface area contributed by atoms with Gasteiger partial charge in [-0.15, -0.1) is 48.6 Å². The molecule has 0 unspecified atom stereocenters. The smallest absolute Gasteiger partial charge is 0.161 e. The zero-order valence-electron chi connectivity index (χ0n) is 20.3. The average molecular weight is 589 g/mol. The molecular weight excluding hydrogens is 565 g/mol. The Morgan fingerprint density at radius 1 is 0.789 bits per heavy atom. The van der Waals surface area contributed by atoms with Crippen molar-refractivity contribution in [3.05, 3.63) is 84.8 Å². The maximum absolute atomic E-state index is 5.45. The minimum Gasteiger partial charge on any atom is -0.493 e. The average Bonchev–Trinajstić information content (AvgIpc) is 3.68. The fraction of sp³-hybridized carbons (Fsp3) is 0.0741. The topological polar surface area (TPSA) is 77.3 Å². The standard InChI is InChI=1S/C27H21N5O2S.3ClH/c1-33-23-9-7-19(13-24(23)34-2)17-3-5-18(6-4-17)26-21(14-30-31-26)20-8-10-25-29-15-22(32(25)16-20)27-28-11-12-35-27;;;/h3-16H,1-2H3,(H,30,31);3*1H. The third kappa shape index (κ3) is 5.21. The highest BCUT2D eigenvalue weighted by Gasteiger charge is 2.14. The van der Waals surface area contributed by atoms with Crippen LogP contribution in [0.15, 0.2) is 84.8 Å².